The Kier molecular flexibility index (Phi) is 4.60. The largest absolute Gasteiger partial charge is 0.379 e. The Hall–Kier alpha value is -0.770. The third-order valence-electron chi connectivity index (χ3n) is 2.03. The van der Waals surface area contributed by atoms with Gasteiger partial charge in [0.25, 0.3) is 0 Å². The van der Waals surface area contributed by atoms with Gasteiger partial charge in [0.1, 0.15) is 0 Å². The lowest BCUT2D eigenvalue weighted by Crippen LogP contribution is -2.45. The molecule has 1 fully saturated rings. The molecule has 0 aromatic carbocycles. The van der Waals surface area contributed by atoms with E-state index in [4.69, 9.17) is 4.74 Å². The Morgan fingerprint density at radius 3 is 3.08 bits per heavy atom. The van der Waals surface area contributed by atoms with Crippen molar-refractivity contribution in [3.63, 3.8) is 0 Å². The number of urea groups is 1. The second kappa shape index (κ2) is 5.80. The summed E-state index contributed by atoms with van der Waals surface area (Å²) < 4.78 is 5.24. The number of rotatable bonds is 3. The van der Waals surface area contributed by atoms with E-state index in [9.17, 15) is 4.79 Å². The smallest absolute Gasteiger partial charge is 0.315 e. The Balaban J connectivity index is 2.11. The van der Waals surface area contributed by atoms with Crippen LogP contribution in [-0.2, 0) is 4.74 Å². The van der Waals surface area contributed by atoms with Gasteiger partial charge >= 0.3 is 6.03 Å². The van der Waals surface area contributed by atoms with Gasteiger partial charge in [-0.05, 0) is 19.3 Å². The normalized spacial score (nSPS) is 22.4. The molecule has 1 aliphatic rings. The summed E-state index contributed by atoms with van der Waals surface area (Å²) in [6.07, 6.45) is 3.03. The van der Waals surface area contributed by atoms with E-state index in [1.54, 1.807) is 0 Å². The summed E-state index contributed by atoms with van der Waals surface area (Å²) >= 11 is 0. The predicted octanol–water partition coefficient (Wildman–Crippen LogP) is 0.875. The highest BCUT2D eigenvalue weighted by atomic mass is 16.5. The Morgan fingerprint density at radius 1 is 1.62 bits per heavy atom. The molecule has 4 heteroatoms. The van der Waals surface area contributed by atoms with E-state index < -0.39 is 0 Å². The molecule has 0 bridgehead atoms. The summed E-state index contributed by atoms with van der Waals surface area (Å²) in [5, 5.41) is 5.65. The van der Waals surface area contributed by atoms with Crippen molar-refractivity contribution in [3.05, 3.63) is 0 Å². The lowest BCUT2D eigenvalue weighted by molar-refractivity contribution is 0.0732. The molecular formula is C9H18N2O2. The molecule has 13 heavy (non-hydrogen) atoms. The molecule has 1 rings (SSSR count). The van der Waals surface area contributed by atoms with Crippen molar-refractivity contribution in [1.29, 1.82) is 0 Å². The summed E-state index contributed by atoms with van der Waals surface area (Å²) in [6, 6.07) is 0.128. The van der Waals surface area contributed by atoms with E-state index in [1.165, 1.54) is 0 Å². The zero-order chi connectivity index (χ0) is 9.52. The molecule has 1 unspecified atom stereocenters. The molecule has 1 atom stereocenters. The molecule has 2 amide bonds. The maximum atomic E-state index is 11.2. The number of carbonyl (C=O) groups is 1. The monoisotopic (exact) mass is 186 g/mol. The first kappa shape index (κ1) is 10.3. The minimum atomic E-state index is -0.0719. The predicted molar refractivity (Wildman–Crippen MR) is 50.7 cm³/mol. The van der Waals surface area contributed by atoms with E-state index in [2.05, 4.69) is 10.6 Å². The van der Waals surface area contributed by atoms with Crippen LogP contribution in [0.4, 0.5) is 4.79 Å². The standard InChI is InChI=1S/C9H18N2O2/c1-2-5-10-9(12)11-8-4-3-6-13-7-8/h8H,2-7H2,1H3,(H2,10,11,12). The number of ether oxygens (including phenoxy) is 1. The average molecular weight is 186 g/mol. The first-order chi connectivity index (χ1) is 6.33. The minimum Gasteiger partial charge on any atom is -0.379 e. The highest BCUT2D eigenvalue weighted by molar-refractivity contribution is 5.74. The summed E-state index contributed by atoms with van der Waals surface area (Å²) in [5.41, 5.74) is 0. The molecule has 0 saturated carbocycles. The van der Waals surface area contributed by atoms with Crippen molar-refractivity contribution < 1.29 is 9.53 Å². The van der Waals surface area contributed by atoms with Crippen molar-refractivity contribution in [3.8, 4) is 0 Å². The van der Waals surface area contributed by atoms with Crippen LogP contribution in [0.25, 0.3) is 0 Å². The van der Waals surface area contributed by atoms with Crippen LogP contribution < -0.4 is 10.6 Å². The molecule has 0 aliphatic carbocycles. The van der Waals surface area contributed by atoms with Gasteiger partial charge in [0.05, 0.1) is 12.6 Å². The summed E-state index contributed by atoms with van der Waals surface area (Å²) in [7, 11) is 0. The summed E-state index contributed by atoms with van der Waals surface area (Å²) in [4.78, 5) is 11.2. The maximum Gasteiger partial charge on any atom is 0.315 e. The third kappa shape index (κ3) is 4.12. The van der Waals surface area contributed by atoms with Gasteiger partial charge in [0.2, 0.25) is 0 Å². The fourth-order valence-electron chi connectivity index (χ4n) is 1.33. The van der Waals surface area contributed by atoms with Crippen LogP contribution in [0.1, 0.15) is 26.2 Å². The first-order valence-electron chi connectivity index (χ1n) is 4.95. The van der Waals surface area contributed by atoms with Crippen LogP contribution in [0, 0.1) is 0 Å². The molecule has 76 valence electrons. The van der Waals surface area contributed by atoms with Gasteiger partial charge in [-0.25, -0.2) is 4.79 Å². The first-order valence-corrected chi connectivity index (χ1v) is 4.95. The maximum absolute atomic E-state index is 11.2. The molecule has 1 heterocycles. The quantitative estimate of drug-likeness (QED) is 0.687. The molecule has 1 aliphatic heterocycles. The van der Waals surface area contributed by atoms with Crippen LogP contribution >= 0.6 is 0 Å². The van der Waals surface area contributed by atoms with E-state index in [1.807, 2.05) is 6.92 Å². The Morgan fingerprint density at radius 2 is 2.46 bits per heavy atom. The highest BCUT2D eigenvalue weighted by Crippen LogP contribution is 2.04. The fourth-order valence-corrected chi connectivity index (χ4v) is 1.33. The third-order valence-corrected chi connectivity index (χ3v) is 2.03. The number of nitrogens with one attached hydrogen (secondary N) is 2. The number of amides is 2. The van der Waals surface area contributed by atoms with Gasteiger partial charge in [-0.3, -0.25) is 0 Å². The van der Waals surface area contributed by atoms with E-state index in [0.717, 1.165) is 32.4 Å². The molecule has 1 saturated heterocycles. The number of hydrogen-bond acceptors (Lipinski definition) is 2. The van der Waals surface area contributed by atoms with Gasteiger partial charge < -0.3 is 15.4 Å². The molecular weight excluding hydrogens is 168 g/mol. The van der Waals surface area contributed by atoms with Gasteiger partial charge in [0.15, 0.2) is 0 Å². The van der Waals surface area contributed by atoms with Crippen LogP contribution in [-0.4, -0.2) is 31.8 Å². The highest BCUT2D eigenvalue weighted by Gasteiger charge is 2.15. The van der Waals surface area contributed by atoms with Gasteiger partial charge in [-0.15, -0.1) is 0 Å². The van der Waals surface area contributed by atoms with Gasteiger partial charge in [-0.2, -0.15) is 0 Å². The van der Waals surface area contributed by atoms with E-state index >= 15 is 0 Å². The molecule has 2 N–H and O–H groups in total. The second-order valence-corrected chi connectivity index (χ2v) is 3.31. The summed E-state index contributed by atoms with van der Waals surface area (Å²) in [6.45, 7) is 4.25. The summed E-state index contributed by atoms with van der Waals surface area (Å²) in [5.74, 6) is 0. The average Bonchev–Trinajstić information content (AvgIpc) is 2.16. The second-order valence-electron chi connectivity index (χ2n) is 3.31. The Labute approximate surface area is 79.0 Å². The molecule has 4 nitrogen and oxygen atoms in total. The van der Waals surface area contributed by atoms with Crippen LogP contribution in [0.15, 0.2) is 0 Å². The van der Waals surface area contributed by atoms with Crippen LogP contribution in [0.3, 0.4) is 0 Å². The lowest BCUT2D eigenvalue weighted by Gasteiger charge is -2.23. The van der Waals surface area contributed by atoms with E-state index in [-0.39, 0.29) is 12.1 Å². The Bertz CT molecular complexity index is 156. The van der Waals surface area contributed by atoms with Crippen LogP contribution in [0.5, 0.6) is 0 Å². The molecule has 0 radical (unpaired) electrons. The molecule has 0 aromatic rings. The van der Waals surface area contributed by atoms with E-state index in [0.29, 0.717) is 6.61 Å². The molecule has 0 spiro atoms. The number of hydrogen-bond donors (Lipinski definition) is 2. The van der Waals surface area contributed by atoms with Crippen molar-refractivity contribution in [1.82, 2.24) is 10.6 Å². The SMILES string of the molecule is CCCNC(=O)NC1CCCOC1. The minimum absolute atomic E-state index is 0.0719. The van der Waals surface area contributed by atoms with Crippen LogP contribution in [0.2, 0.25) is 0 Å². The topological polar surface area (TPSA) is 50.4 Å². The fraction of sp³-hybridized carbons (Fsp3) is 0.889. The molecule has 0 aromatic heterocycles. The zero-order valence-corrected chi connectivity index (χ0v) is 8.14. The van der Waals surface area contributed by atoms with Crippen molar-refractivity contribution in [2.45, 2.75) is 32.2 Å². The van der Waals surface area contributed by atoms with Crippen molar-refractivity contribution in [2.75, 3.05) is 19.8 Å². The number of carbonyl (C=O) groups excluding carboxylic acids is 1. The van der Waals surface area contributed by atoms with Crippen molar-refractivity contribution >= 4 is 6.03 Å². The van der Waals surface area contributed by atoms with Crippen molar-refractivity contribution in [2.24, 2.45) is 0 Å². The lowest BCUT2D eigenvalue weighted by atomic mass is 10.1. The van der Waals surface area contributed by atoms with Gasteiger partial charge in [-0.1, -0.05) is 6.92 Å². The zero-order valence-electron chi connectivity index (χ0n) is 8.14. The van der Waals surface area contributed by atoms with Gasteiger partial charge in [0, 0.05) is 13.2 Å².